The number of benzene rings is 2. The summed E-state index contributed by atoms with van der Waals surface area (Å²) in [6.45, 7) is 1.61. The van der Waals surface area contributed by atoms with Gasteiger partial charge in [-0.1, -0.05) is 36.4 Å². The van der Waals surface area contributed by atoms with Crippen LogP contribution in [-0.2, 0) is 23.9 Å². The first-order valence-corrected chi connectivity index (χ1v) is 15.6. The molecule has 4 rings (SSSR count). The molecular weight excluding hydrogens is 619 g/mol. The number of fused-ring (bicyclic) bond motifs is 2. The molecule has 3 N–H and O–H groups in total. The number of rotatable bonds is 13. The number of thioether (sulfide) groups is 2. The zero-order valence-electron chi connectivity index (χ0n) is 23.4. The molecule has 0 saturated carbocycles. The molecule has 0 radical (unpaired) electrons. The number of allylic oxidation sites excluding steroid dienone is 2. The maximum absolute atomic E-state index is 13.0. The molecule has 0 aromatic heterocycles. The van der Waals surface area contributed by atoms with E-state index in [4.69, 9.17) is 22.1 Å². The van der Waals surface area contributed by atoms with Crippen molar-refractivity contribution >= 4 is 81.3 Å². The summed E-state index contributed by atoms with van der Waals surface area (Å²) in [4.78, 5) is 51.7. The zero-order chi connectivity index (χ0) is 29.6. The molecule has 0 unspecified atom stereocenters. The summed E-state index contributed by atoms with van der Waals surface area (Å²) in [5, 5.41) is 3.99. The van der Waals surface area contributed by atoms with Gasteiger partial charge in [-0.2, -0.15) is 0 Å². The Morgan fingerprint density at radius 1 is 1.21 bits per heavy atom. The average Bonchev–Trinajstić information content (AvgIpc) is 2.96. The molecule has 42 heavy (non-hydrogen) atoms. The van der Waals surface area contributed by atoms with E-state index in [2.05, 4.69) is 5.32 Å². The van der Waals surface area contributed by atoms with Gasteiger partial charge in [0, 0.05) is 17.1 Å². The van der Waals surface area contributed by atoms with E-state index >= 15 is 0 Å². The van der Waals surface area contributed by atoms with Crippen LogP contribution in [0.4, 0.5) is 0 Å². The number of likely N-dealkylation sites (N-methyl/N-ethyl adjacent to an activating group) is 1. The van der Waals surface area contributed by atoms with Gasteiger partial charge in [0.1, 0.15) is 17.1 Å². The minimum Gasteiger partial charge on any atom is -0.465 e. The number of halogens is 2. The van der Waals surface area contributed by atoms with Gasteiger partial charge in [0.25, 0.3) is 11.1 Å². The Hall–Kier alpha value is -2.54. The molecule has 2 atom stereocenters. The largest absolute Gasteiger partial charge is 0.465 e. The van der Waals surface area contributed by atoms with Crippen LogP contribution in [0, 0.1) is 0 Å². The standard InChI is InChI=1S/C29H33ClN4O5S2.ClH/c1-34(2,13-6-14-39-24(36)16-31)12-5-9-21-17-41-29-25(28(38)33(29)26(21)27(30)37)32-23(35)18-40-22-11-10-19-7-3-4-8-20(19)15-22;/h3-5,7-11,15,25,29H,6,12-14,16-18,31H2,1-2H3;1H/p+1/b9-5+;/t25-,29-;/m1./s1. The molecular formula is C29H35Cl2N4O5S2+. The lowest BCUT2D eigenvalue weighted by Crippen LogP contribution is -2.70. The number of hydrogen-bond acceptors (Lipinski definition) is 8. The van der Waals surface area contributed by atoms with Crippen molar-refractivity contribution in [3.63, 3.8) is 0 Å². The van der Waals surface area contributed by atoms with E-state index in [-0.39, 0.29) is 47.6 Å². The van der Waals surface area contributed by atoms with Crippen LogP contribution >= 0.6 is 47.5 Å². The topological polar surface area (TPSA) is 119 Å². The Morgan fingerprint density at radius 3 is 2.67 bits per heavy atom. The van der Waals surface area contributed by atoms with E-state index < -0.39 is 17.3 Å². The predicted molar refractivity (Wildman–Crippen MR) is 170 cm³/mol. The summed E-state index contributed by atoms with van der Waals surface area (Å²) in [6, 6.07) is 13.4. The molecule has 0 bridgehead atoms. The van der Waals surface area contributed by atoms with Gasteiger partial charge in [0.15, 0.2) is 0 Å². The van der Waals surface area contributed by atoms with Crippen molar-refractivity contribution in [3.05, 3.63) is 65.9 Å². The molecule has 2 aromatic carbocycles. The Bertz CT molecular complexity index is 1400. The predicted octanol–water partition coefficient (Wildman–Crippen LogP) is 3.30. The Balaban J connectivity index is 0.00000484. The summed E-state index contributed by atoms with van der Waals surface area (Å²) in [7, 11) is 4.10. The fourth-order valence-corrected chi connectivity index (χ4v) is 6.97. The Labute approximate surface area is 265 Å². The third kappa shape index (κ3) is 8.52. The normalized spacial score (nSPS) is 18.4. The van der Waals surface area contributed by atoms with Gasteiger partial charge in [0.2, 0.25) is 5.91 Å². The monoisotopic (exact) mass is 653 g/mol. The smallest absolute Gasteiger partial charge is 0.319 e. The number of nitrogens with two attached hydrogens (primary N) is 1. The Morgan fingerprint density at radius 2 is 1.95 bits per heavy atom. The van der Waals surface area contributed by atoms with Gasteiger partial charge in [-0.25, -0.2) is 0 Å². The van der Waals surface area contributed by atoms with Crippen LogP contribution < -0.4 is 11.1 Å². The zero-order valence-corrected chi connectivity index (χ0v) is 26.6. The fourth-order valence-electron chi connectivity index (χ4n) is 4.68. The lowest BCUT2D eigenvalue weighted by molar-refractivity contribution is -0.884. The number of quaternary nitrogens is 1. The molecule has 0 aliphatic carbocycles. The summed E-state index contributed by atoms with van der Waals surface area (Å²) < 4.78 is 5.66. The third-order valence-electron chi connectivity index (χ3n) is 6.85. The molecule has 2 heterocycles. The minimum atomic E-state index is -0.703. The highest BCUT2D eigenvalue weighted by atomic mass is 35.5. The first-order valence-electron chi connectivity index (χ1n) is 13.2. The van der Waals surface area contributed by atoms with Crippen molar-refractivity contribution < 1.29 is 28.4 Å². The van der Waals surface area contributed by atoms with Gasteiger partial charge in [0.05, 0.1) is 46.1 Å². The number of esters is 1. The molecule has 2 aliphatic rings. The number of ether oxygens (including phenoxy) is 1. The van der Waals surface area contributed by atoms with Crippen molar-refractivity contribution in [1.29, 1.82) is 0 Å². The summed E-state index contributed by atoms with van der Waals surface area (Å²) in [6.07, 6.45) is 4.48. The van der Waals surface area contributed by atoms with Crippen LogP contribution in [0.3, 0.4) is 0 Å². The van der Waals surface area contributed by atoms with Gasteiger partial charge >= 0.3 is 5.97 Å². The highest BCUT2D eigenvalue weighted by molar-refractivity contribution is 8.00. The second-order valence-electron chi connectivity index (χ2n) is 10.4. The molecule has 2 aliphatic heterocycles. The van der Waals surface area contributed by atoms with Crippen LogP contribution in [-0.4, -0.2) is 95.7 Å². The maximum Gasteiger partial charge on any atom is 0.319 e. The number of amides is 2. The van der Waals surface area contributed by atoms with Crippen LogP contribution in [0.5, 0.6) is 0 Å². The highest BCUT2D eigenvalue weighted by Gasteiger charge is 2.53. The number of carbonyl (C=O) groups is 4. The maximum atomic E-state index is 13.0. The van der Waals surface area contributed by atoms with Gasteiger partial charge < -0.3 is 20.3 Å². The lowest BCUT2D eigenvalue weighted by Gasteiger charge is -2.49. The van der Waals surface area contributed by atoms with Crippen molar-refractivity contribution in [1.82, 2.24) is 10.2 Å². The molecule has 13 heteroatoms. The summed E-state index contributed by atoms with van der Waals surface area (Å²) in [5.74, 6) is -0.346. The van der Waals surface area contributed by atoms with E-state index in [0.29, 0.717) is 35.4 Å². The van der Waals surface area contributed by atoms with Crippen LogP contribution in [0.25, 0.3) is 10.8 Å². The van der Waals surface area contributed by atoms with Crippen molar-refractivity contribution in [3.8, 4) is 0 Å². The van der Waals surface area contributed by atoms with Crippen LogP contribution in [0.2, 0.25) is 0 Å². The molecule has 1 fully saturated rings. The number of nitrogens with zero attached hydrogens (tertiary/aromatic N) is 2. The second kappa shape index (κ2) is 15.3. The van der Waals surface area contributed by atoms with E-state index in [1.54, 1.807) is 0 Å². The van der Waals surface area contributed by atoms with Crippen LogP contribution in [0.15, 0.2) is 70.8 Å². The minimum absolute atomic E-state index is 0. The van der Waals surface area contributed by atoms with Gasteiger partial charge in [-0.3, -0.25) is 24.1 Å². The highest BCUT2D eigenvalue weighted by Crippen LogP contribution is 2.41. The third-order valence-corrected chi connectivity index (χ3v) is 9.32. The summed E-state index contributed by atoms with van der Waals surface area (Å²) >= 11 is 8.84. The number of nitrogens with one attached hydrogen (secondary N) is 1. The van der Waals surface area contributed by atoms with E-state index in [9.17, 15) is 19.2 Å². The van der Waals surface area contributed by atoms with Crippen LogP contribution in [0.1, 0.15) is 6.42 Å². The lowest BCUT2D eigenvalue weighted by atomic mass is 10.0. The van der Waals surface area contributed by atoms with E-state index in [1.807, 2.05) is 68.7 Å². The number of carbonyl (C=O) groups excluding carboxylic acids is 4. The van der Waals surface area contributed by atoms with Crippen molar-refractivity contribution in [2.24, 2.45) is 5.73 Å². The first kappa shape index (κ1) is 34.0. The van der Waals surface area contributed by atoms with Gasteiger partial charge in [-0.15, -0.1) is 35.9 Å². The number of hydrogen-bond donors (Lipinski definition) is 2. The quantitative estimate of drug-likeness (QED) is 0.0844. The SMILES string of the molecule is C[N+](C)(C/C=C/C1=C(C(=O)Cl)N2C(=O)[C@@H](NC(=O)CSc3ccc4ccccc4c3)[C@H]2SC1)CCCOC(=O)CN.Cl. The van der Waals surface area contributed by atoms with E-state index in [0.717, 1.165) is 22.2 Å². The molecule has 2 aromatic rings. The molecule has 9 nitrogen and oxygen atoms in total. The second-order valence-corrected chi connectivity index (χ2v) is 12.9. The molecule has 1 saturated heterocycles. The molecule has 2 amide bonds. The first-order chi connectivity index (χ1) is 19.6. The van der Waals surface area contributed by atoms with Crippen molar-refractivity contribution in [2.45, 2.75) is 22.7 Å². The Kier molecular flexibility index (Phi) is 12.3. The van der Waals surface area contributed by atoms with Crippen molar-refractivity contribution in [2.75, 3.05) is 51.8 Å². The summed E-state index contributed by atoms with van der Waals surface area (Å²) in [5.41, 5.74) is 6.09. The van der Waals surface area contributed by atoms with E-state index in [1.165, 1.54) is 28.4 Å². The van der Waals surface area contributed by atoms with Gasteiger partial charge in [-0.05, 0) is 46.2 Å². The molecule has 0 spiro atoms. The molecule has 226 valence electrons. The fraction of sp³-hybridized carbons (Fsp3) is 0.379. The average molecular weight is 655 g/mol. The number of β-lactam (4-membered cyclic amide) rings is 1.